The highest BCUT2D eigenvalue weighted by atomic mass is 127. The number of hydrogen-bond donors (Lipinski definition) is 2. The molecule has 0 radical (unpaired) electrons. The van der Waals surface area contributed by atoms with E-state index in [1.807, 2.05) is 18.7 Å². The standard InChI is InChI=1S/C17H26F2N4O.HI/c1-3-20-17(21-11-13(2)12-24)23-8-6-22(7-9-23)16-10-14(18)4-5-15(16)19;/h4-5,10,13,24H,3,6-9,11-12H2,1-2H3,(H,20,21);1H. The van der Waals surface area contributed by atoms with Crippen LogP contribution < -0.4 is 10.2 Å². The zero-order valence-corrected chi connectivity index (χ0v) is 17.0. The van der Waals surface area contributed by atoms with Crippen LogP contribution in [0.1, 0.15) is 13.8 Å². The highest BCUT2D eigenvalue weighted by Gasteiger charge is 2.22. The Bertz CT molecular complexity index is 566. The van der Waals surface area contributed by atoms with E-state index in [1.165, 1.54) is 12.1 Å². The molecule has 1 aliphatic rings. The van der Waals surface area contributed by atoms with Gasteiger partial charge in [0.15, 0.2) is 5.96 Å². The minimum Gasteiger partial charge on any atom is -0.396 e. The van der Waals surface area contributed by atoms with Gasteiger partial charge in [-0.2, -0.15) is 0 Å². The van der Waals surface area contributed by atoms with E-state index in [1.54, 1.807) is 0 Å². The number of anilines is 1. The van der Waals surface area contributed by atoms with Crippen molar-refractivity contribution in [3.63, 3.8) is 0 Å². The van der Waals surface area contributed by atoms with Crippen LogP contribution in [0.4, 0.5) is 14.5 Å². The third-order valence-electron chi connectivity index (χ3n) is 4.03. The van der Waals surface area contributed by atoms with Gasteiger partial charge in [-0.05, 0) is 25.0 Å². The molecule has 0 amide bonds. The molecule has 142 valence electrons. The van der Waals surface area contributed by atoms with E-state index >= 15 is 0 Å². The minimum absolute atomic E-state index is 0. The van der Waals surface area contributed by atoms with Crippen molar-refractivity contribution in [2.45, 2.75) is 13.8 Å². The Labute approximate surface area is 165 Å². The number of aliphatic imine (C=N–C) groups is 1. The van der Waals surface area contributed by atoms with Crippen LogP contribution in [-0.4, -0.2) is 61.8 Å². The molecule has 0 bridgehead atoms. The molecule has 0 aliphatic carbocycles. The van der Waals surface area contributed by atoms with Gasteiger partial charge < -0.3 is 20.2 Å². The molecule has 1 heterocycles. The molecule has 1 aliphatic heterocycles. The monoisotopic (exact) mass is 468 g/mol. The van der Waals surface area contributed by atoms with Gasteiger partial charge in [-0.25, -0.2) is 8.78 Å². The molecule has 5 nitrogen and oxygen atoms in total. The Morgan fingerprint density at radius 3 is 2.56 bits per heavy atom. The summed E-state index contributed by atoms with van der Waals surface area (Å²) in [6.07, 6.45) is 0. The van der Waals surface area contributed by atoms with Crippen LogP contribution in [0.15, 0.2) is 23.2 Å². The Hall–Kier alpha value is -1.16. The van der Waals surface area contributed by atoms with Crippen molar-refractivity contribution < 1.29 is 13.9 Å². The normalized spacial score (nSPS) is 16.4. The largest absolute Gasteiger partial charge is 0.396 e. The van der Waals surface area contributed by atoms with E-state index < -0.39 is 11.6 Å². The number of aliphatic hydroxyl groups is 1. The summed E-state index contributed by atoms with van der Waals surface area (Å²) in [7, 11) is 0. The number of hydrogen-bond acceptors (Lipinski definition) is 3. The van der Waals surface area contributed by atoms with Crippen molar-refractivity contribution in [3.8, 4) is 0 Å². The summed E-state index contributed by atoms with van der Waals surface area (Å²) in [6.45, 7) is 7.91. The van der Waals surface area contributed by atoms with Crippen LogP contribution in [0, 0.1) is 17.6 Å². The first-order chi connectivity index (χ1) is 11.5. The van der Waals surface area contributed by atoms with Crippen molar-refractivity contribution in [3.05, 3.63) is 29.8 Å². The molecular formula is C17H27F2IN4O. The second-order valence-electron chi connectivity index (χ2n) is 6.05. The van der Waals surface area contributed by atoms with Gasteiger partial charge >= 0.3 is 0 Å². The van der Waals surface area contributed by atoms with Crippen molar-refractivity contribution in [2.24, 2.45) is 10.9 Å². The van der Waals surface area contributed by atoms with Crippen LogP contribution >= 0.6 is 24.0 Å². The predicted molar refractivity (Wildman–Crippen MR) is 108 cm³/mol. The molecular weight excluding hydrogens is 441 g/mol. The summed E-state index contributed by atoms with van der Waals surface area (Å²) >= 11 is 0. The maximum atomic E-state index is 13.9. The Morgan fingerprint density at radius 1 is 1.28 bits per heavy atom. The average molecular weight is 468 g/mol. The maximum Gasteiger partial charge on any atom is 0.194 e. The van der Waals surface area contributed by atoms with Gasteiger partial charge in [0, 0.05) is 51.9 Å². The molecule has 1 aromatic carbocycles. The third-order valence-corrected chi connectivity index (χ3v) is 4.03. The number of nitrogens with one attached hydrogen (secondary N) is 1. The van der Waals surface area contributed by atoms with Crippen LogP contribution in [0.2, 0.25) is 0 Å². The fourth-order valence-electron chi connectivity index (χ4n) is 2.61. The van der Waals surface area contributed by atoms with Gasteiger partial charge in [-0.3, -0.25) is 4.99 Å². The lowest BCUT2D eigenvalue weighted by atomic mass is 10.2. The van der Waals surface area contributed by atoms with E-state index in [4.69, 9.17) is 5.11 Å². The summed E-state index contributed by atoms with van der Waals surface area (Å²) in [4.78, 5) is 8.52. The Balaban J connectivity index is 0.00000312. The van der Waals surface area contributed by atoms with Crippen LogP contribution in [-0.2, 0) is 0 Å². The number of piperazine rings is 1. The summed E-state index contributed by atoms with van der Waals surface area (Å²) in [5.41, 5.74) is 0.311. The van der Waals surface area contributed by atoms with E-state index in [0.29, 0.717) is 38.4 Å². The predicted octanol–water partition coefficient (Wildman–Crippen LogP) is 2.30. The molecule has 1 fully saturated rings. The number of benzene rings is 1. The molecule has 0 spiro atoms. The first-order valence-electron chi connectivity index (χ1n) is 8.39. The summed E-state index contributed by atoms with van der Waals surface area (Å²) < 4.78 is 27.3. The number of guanidine groups is 1. The molecule has 2 N–H and O–H groups in total. The van der Waals surface area contributed by atoms with Crippen LogP contribution in [0.5, 0.6) is 0 Å². The van der Waals surface area contributed by atoms with Crippen molar-refractivity contribution >= 4 is 35.6 Å². The fraction of sp³-hybridized carbons (Fsp3) is 0.588. The SMILES string of the molecule is CCNC(=NCC(C)CO)N1CCN(c2cc(F)ccc2F)CC1.I. The fourth-order valence-corrected chi connectivity index (χ4v) is 2.61. The Kier molecular flexibility index (Phi) is 9.41. The van der Waals surface area contributed by atoms with Gasteiger partial charge in [0.2, 0.25) is 0 Å². The van der Waals surface area contributed by atoms with E-state index in [9.17, 15) is 8.78 Å². The lowest BCUT2D eigenvalue weighted by Crippen LogP contribution is -2.52. The van der Waals surface area contributed by atoms with E-state index in [2.05, 4.69) is 15.2 Å². The third kappa shape index (κ3) is 6.25. The van der Waals surface area contributed by atoms with Crippen LogP contribution in [0.25, 0.3) is 0 Å². The van der Waals surface area contributed by atoms with Crippen molar-refractivity contribution in [2.75, 3.05) is 50.8 Å². The quantitative estimate of drug-likeness (QED) is 0.396. The smallest absolute Gasteiger partial charge is 0.194 e. The Morgan fingerprint density at radius 2 is 1.96 bits per heavy atom. The second kappa shape index (κ2) is 10.7. The highest BCUT2D eigenvalue weighted by Crippen LogP contribution is 2.21. The lowest BCUT2D eigenvalue weighted by Gasteiger charge is -2.37. The van der Waals surface area contributed by atoms with Crippen molar-refractivity contribution in [1.82, 2.24) is 10.2 Å². The lowest BCUT2D eigenvalue weighted by molar-refractivity contribution is 0.241. The number of nitrogens with zero attached hydrogens (tertiary/aromatic N) is 3. The molecule has 8 heteroatoms. The maximum absolute atomic E-state index is 13.9. The second-order valence-corrected chi connectivity index (χ2v) is 6.05. The molecule has 0 aromatic heterocycles. The highest BCUT2D eigenvalue weighted by molar-refractivity contribution is 14.0. The zero-order chi connectivity index (χ0) is 17.5. The zero-order valence-electron chi connectivity index (χ0n) is 14.7. The molecule has 25 heavy (non-hydrogen) atoms. The van der Waals surface area contributed by atoms with Gasteiger partial charge in [0.05, 0.1) is 5.69 Å². The van der Waals surface area contributed by atoms with Gasteiger partial charge in [0.25, 0.3) is 0 Å². The number of rotatable bonds is 5. The van der Waals surface area contributed by atoms with Crippen molar-refractivity contribution in [1.29, 1.82) is 0 Å². The summed E-state index contributed by atoms with van der Waals surface area (Å²) in [5, 5.41) is 12.4. The molecule has 1 saturated heterocycles. The average Bonchev–Trinajstić information content (AvgIpc) is 2.60. The van der Waals surface area contributed by atoms with Gasteiger partial charge in [-0.15, -0.1) is 24.0 Å². The first-order valence-corrected chi connectivity index (χ1v) is 8.39. The van der Waals surface area contributed by atoms with Crippen LogP contribution in [0.3, 0.4) is 0 Å². The molecule has 0 saturated carbocycles. The number of halogens is 3. The van der Waals surface area contributed by atoms with E-state index in [0.717, 1.165) is 18.6 Å². The minimum atomic E-state index is -0.429. The number of aliphatic hydroxyl groups excluding tert-OH is 1. The van der Waals surface area contributed by atoms with Gasteiger partial charge in [-0.1, -0.05) is 6.92 Å². The first kappa shape index (κ1) is 21.9. The topological polar surface area (TPSA) is 51.1 Å². The van der Waals surface area contributed by atoms with E-state index in [-0.39, 0.29) is 36.5 Å². The summed E-state index contributed by atoms with van der Waals surface area (Å²) in [5.74, 6) is 0.0856. The molecule has 2 rings (SSSR count). The summed E-state index contributed by atoms with van der Waals surface area (Å²) in [6, 6.07) is 3.54. The molecule has 1 aromatic rings. The van der Waals surface area contributed by atoms with Gasteiger partial charge in [0.1, 0.15) is 11.6 Å². The molecule has 1 unspecified atom stereocenters. The molecule has 1 atom stereocenters.